The Morgan fingerprint density at radius 1 is 1.06 bits per heavy atom. The number of pyridine rings is 1. The largest absolute Gasteiger partial charge is 0.415 e. The van der Waals surface area contributed by atoms with Gasteiger partial charge in [-0.1, -0.05) is 24.3 Å². The molecule has 0 spiro atoms. The molecule has 0 bridgehead atoms. The van der Waals surface area contributed by atoms with E-state index in [1.807, 2.05) is 30.2 Å². The highest BCUT2D eigenvalue weighted by atomic mass is 19.3. The monoisotopic (exact) mass is 494 g/mol. The molecule has 36 heavy (non-hydrogen) atoms. The van der Waals surface area contributed by atoms with Crippen LogP contribution >= 0.6 is 0 Å². The lowest BCUT2D eigenvalue weighted by Gasteiger charge is -2.36. The highest BCUT2D eigenvalue weighted by Gasteiger charge is 2.21. The molecule has 1 aromatic carbocycles. The molecule has 0 saturated carbocycles. The third kappa shape index (κ3) is 5.07. The average Bonchev–Trinajstić information content (AvgIpc) is 3.60. The molecule has 12 heteroatoms. The van der Waals surface area contributed by atoms with Gasteiger partial charge in [0.25, 0.3) is 5.89 Å². The van der Waals surface area contributed by atoms with Gasteiger partial charge in [-0.05, 0) is 24.3 Å². The van der Waals surface area contributed by atoms with Crippen molar-refractivity contribution in [3.63, 3.8) is 0 Å². The number of rotatable bonds is 7. The maximum atomic E-state index is 12.7. The quantitative estimate of drug-likeness (QED) is 0.385. The number of nitrogens with zero attached hydrogens (tertiary/aromatic N) is 8. The van der Waals surface area contributed by atoms with Gasteiger partial charge in [-0.15, -0.1) is 15.3 Å². The summed E-state index contributed by atoms with van der Waals surface area (Å²) < 4.78 is 31.9. The lowest BCUT2D eigenvalue weighted by atomic mass is 10.1. The van der Waals surface area contributed by atoms with E-state index < -0.39 is 12.3 Å². The van der Waals surface area contributed by atoms with Gasteiger partial charge in [0.15, 0.2) is 0 Å². The molecule has 4 heterocycles. The van der Waals surface area contributed by atoms with Gasteiger partial charge in [0, 0.05) is 50.0 Å². The molecular formula is C24H24F2N8O2. The summed E-state index contributed by atoms with van der Waals surface area (Å²) in [6.07, 6.45) is 1.06. The Morgan fingerprint density at radius 2 is 1.89 bits per heavy atom. The van der Waals surface area contributed by atoms with Gasteiger partial charge in [-0.2, -0.15) is 8.78 Å². The molecule has 1 aliphatic heterocycles. The summed E-state index contributed by atoms with van der Waals surface area (Å²) in [5, 5.41) is 15.5. The summed E-state index contributed by atoms with van der Waals surface area (Å²) in [5.41, 5.74) is 3.92. The minimum atomic E-state index is -2.82. The second-order valence-corrected chi connectivity index (χ2v) is 8.36. The van der Waals surface area contributed by atoms with Gasteiger partial charge < -0.3 is 14.2 Å². The Bertz CT molecular complexity index is 1330. The predicted molar refractivity (Wildman–Crippen MR) is 126 cm³/mol. The van der Waals surface area contributed by atoms with E-state index in [-0.39, 0.29) is 11.8 Å². The van der Waals surface area contributed by atoms with Crippen molar-refractivity contribution in [2.24, 2.45) is 0 Å². The first-order valence-corrected chi connectivity index (χ1v) is 11.6. The standard InChI is InChI=1S/C24H24F2N8O2/c1-2-21(35)33-10-8-32(9-11-33)19-5-3-4-16(12-19)20-15-34(31-28-20)14-18-7-6-17(13-27-18)23-29-30-24(36-23)22(25)26/h3-7,12-13,15,22H,2,8-11,14H2,1H3. The second-order valence-electron chi connectivity index (χ2n) is 8.36. The van der Waals surface area contributed by atoms with Crippen LogP contribution < -0.4 is 4.90 Å². The number of piperazine rings is 1. The summed E-state index contributed by atoms with van der Waals surface area (Å²) in [6, 6.07) is 11.5. The number of alkyl halides is 2. The number of hydrogen-bond donors (Lipinski definition) is 0. The Balaban J connectivity index is 1.24. The molecule has 1 saturated heterocycles. The lowest BCUT2D eigenvalue weighted by Crippen LogP contribution is -2.48. The van der Waals surface area contributed by atoms with Crippen LogP contribution in [0.25, 0.3) is 22.7 Å². The predicted octanol–water partition coefficient (Wildman–Crippen LogP) is 3.43. The highest BCUT2D eigenvalue weighted by molar-refractivity contribution is 5.76. The van der Waals surface area contributed by atoms with E-state index in [0.29, 0.717) is 24.2 Å². The van der Waals surface area contributed by atoms with Crippen LogP contribution in [0.4, 0.5) is 14.5 Å². The normalized spacial score (nSPS) is 14.0. The first-order valence-electron chi connectivity index (χ1n) is 11.6. The fourth-order valence-corrected chi connectivity index (χ4v) is 4.06. The van der Waals surface area contributed by atoms with Gasteiger partial charge >= 0.3 is 6.43 Å². The molecule has 1 aliphatic rings. The van der Waals surface area contributed by atoms with E-state index in [1.54, 1.807) is 16.8 Å². The Hall–Kier alpha value is -4.22. The Morgan fingerprint density at radius 3 is 2.58 bits per heavy atom. The lowest BCUT2D eigenvalue weighted by molar-refractivity contribution is -0.131. The molecule has 0 radical (unpaired) electrons. The van der Waals surface area contributed by atoms with Crippen molar-refractivity contribution in [1.82, 2.24) is 35.1 Å². The van der Waals surface area contributed by atoms with Crippen molar-refractivity contribution in [3.8, 4) is 22.7 Å². The molecule has 0 unspecified atom stereocenters. The van der Waals surface area contributed by atoms with Gasteiger partial charge in [-0.3, -0.25) is 9.78 Å². The van der Waals surface area contributed by atoms with Crippen LogP contribution in [-0.4, -0.2) is 67.2 Å². The third-order valence-electron chi connectivity index (χ3n) is 6.00. The molecule has 0 N–H and O–H groups in total. The van der Waals surface area contributed by atoms with Crippen LogP contribution in [0, 0.1) is 0 Å². The summed E-state index contributed by atoms with van der Waals surface area (Å²) >= 11 is 0. The Kier molecular flexibility index (Phi) is 6.65. The highest BCUT2D eigenvalue weighted by Crippen LogP contribution is 2.25. The van der Waals surface area contributed by atoms with Crippen LogP contribution in [0.1, 0.15) is 31.4 Å². The van der Waals surface area contributed by atoms with E-state index in [2.05, 4.69) is 42.5 Å². The zero-order chi connectivity index (χ0) is 25.1. The molecule has 1 amide bonds. The molecule has 1 fully saturated rings. The van der Waals surface area contributed by atoms with Crippen LogP contribution in [0.5, 0.6) is 0 Å². The SMILES string of the molecule is CCC(=O)N1CCN(c2cccc(-c3cn(Cc4ccc(-c5nnc(C(F)F)o5)cn4)nn3)c2)CC1. The van der Waals surface area contributed by atoms with Gasteiger partial charge in [0.2, 0.25) is 11.8 Å². The topological polar surface area (TPSA) is 106 Å². The van der Waals surface area contributed by atoms with E-state index in [1.165, 1.54) is 6.20 Å². The number of anilines is 1. The summed E-state index contributed by atoms with van der Waals surface area (Å²) in [4.78, 5) is 20.5. The van der Waals surface area contributed by atoms with E-state index in [4.69, 9.17) is 4.42 Å². The molecule has 10 nitrogen and oxygen atoms in total. The van der Waals surface area contributed by atoms with E-state index >= 15 is 0 Å². The van der Waals surface area contributed by atoms with Crippen molar-refractivity contribution >= 4 is 11.6 Å². The first-order chi connectivity index (χ1) is 17.5. The Labute approximate surface area is 205 Å². The average molecular weight is 495 g/mol. The molecule has 186 valence electrons. The van der Waals surface area contributed by atoms with Crippen molar-refractivity contribution in [1.29, 1.82) is 0 Å². The number of carbonyl (C=O) groups is 1. The van der Waals surface area contributed by atoms with Crippen molar-refractivity contribution in [3.05, 3.63) is 60.4 Å². The zero-order valence-electron chi connectivity index (χ0n) is 19.6. The van der Waals surface area contributed by atoms with Crippen LogP contribution in [0.3, 0.4) is 0 Å². The number of carbonyl (C=O) groups excluding carboxylic acids is 1. The number of halogens is 2. The molecule has 0 aliphatic carbocycles. The van der Waals surface area contributed by atoms with Crippen LogP contribution in [-0.2, 0) is 11.3 Å². The van der Waals surface area contributed by atoms with Crippen LogP contribution in [0.15, 0.2) is 53.2 Å². The van der Waals surface area contributed by atoms with Crippen molar-refractivity contribution < 1.29 is 18.0 Å². The zero-order valence-corrected chi connectivity index (χ0v) is 19.6. The summed E-state index contributed by atoms with van der Waals surface area (Å²) in [7, 11) is 0. The number of amides is 1. The molecule has 3 aromatic heterocycles. The van der Waals surface area contributed by atoms with Crippen molar-refractivity contribution in [2.75, 3.05) is 31.1 Å². The van der Waals surface area contributed by atoms with E-state index in [9.17, 15) is 13.6 Å². The maximum absolute atomic E-state index is 12.7. The molecular weight excluding hydrogens is 470 g/mol. The third-order valence-corrected chi connectivity index (χ3v) is 6.00. The number of aromatic nitrogens is 6. The minimum Gasteiger partial charge on any atom is -0.415 e. The summed E-state index contributed by atoms with van der Waals surface area (Å²) in [5.74, 6) is -0.535. The van der Waals surface area contributed by atoms with Gasteiger partial charge in [0.1, 0.15) is 5.69 Å². The smallest absolute Gasteiger partial charge is 0.314 e. The van der Waals surface area contributed by atoms with Crippen LogP contribution in [0.2, 0.25) is 0 Å². The minimum absolute atomic E-state index is 0.00866. The fourth-order valence-electron chi connectivity index (χ4n) is 4.06. The van der Waals surface area contributed by atoms with Crippen molar-refractivity contribution in [2.45, 2.75) is 26.3 Å². The molecule has 0 atom stereocenters. The first kappa shape index (κ1) is 23.5. The van der Waals surface area contributed by atoms with E-state index in [0.717, 1.165) is 43.1 Å². The van der Waals surface area contributed by atoms with Gasteiger partial charge in [0.05, 0.1) is 24.0 Å². The number of hydrogen-bond acceptors (Lipinski definition) is 8. The maximum Gasteiger partial charge on any atom is 0.314 e. The fraction of sp³-hybridized carbons (Fsp3) is 0.333. The summed E-state index contributed by atoms with van der Waals surface area (Å²) in [6.45, 7) is 5.29. The molecule has 5 rings (SSSR count). The molecule has 4 aromatic rings. The van der Waals surface area contributed by atoms with Gasteiger partial charge in [-0.25, -0.2) is 4.68 Å². The second kappa shape index (κ2) is 10.2. The number of benzene rings is 1.